The quantitative estimate of drug-likeness (QED) is 0.429. The third-order valence-corrected chi connectivity index (χ3v) is 7.83. The first kappa shape index (κ1) is 24.0. The maximum atomic E-state index is 12.5. The standard InChI is InChI=1S/C28H41N3O2/c29-28(33)27(32)25-20-31(26-18-12-11-17-24(25)26)23-16-10-6-9-15-22(19-23)30-21-13-7-4-2-1-3-5-8-14-21/h11-12,17-18,20-23,30H,1-10,13-16,19H2,(H2,29,33). The minimum absolute atomic E-state index is 0.321. The molecule has 180 valence electrons. The molecule has 2 aliphatic carbocycles. The van der Waals surface area contributed by atoms with Crippen molar-refractivity contribution < 1.29 is 9.59 Å². The van der Waals surface area contributed by atoms with Crippen molar-refractivity contribution in [2.45, 2.75) is 114 Å². The average Bonchev–Trinajstić information content (AvgIpc) is 3.18. The lowest BCUT2D eigenvalue weighted by atomic mass is 9.90. The second-order valence-electron chi connectivity index (χ2n) is 10.3. The zero-order chi connectivity index (χ0) is 23.0. The molecule has 0 spiro atoms. The molecule has 0 bridgehead atoms. The summed E-state index contributed by atoms with van der Waals surface area (Å²) in [6, 6.07) is 9.38. The summed E-state index contributed by atoms with van der Waals surface area (Å²) in [5, 5.41) is 4.92. The second-order valence-corrected chi connectivity index (χ2v) is 10.3. The number of fused-ring (bicyclic) bond motifs is 1. The fraction of sp³-hybridized carbons (Fsp3) is 0.643. The maximum Gasteiger partial charge on any atom is 0.289 e. The van der Waals surface area contributed by atoms with Crippen molar-refractivity contribution in [3.05, 3.63) is 36.0 Å². The number of nitrogens with zero attached hydrogens (tertiary/aromatic N) is 1. The molecule has 0 radical (unpaired) electrons. The topological polar surface area (TPSA) is 77.1 Å². The first-order valence-electron chi connectivity index (χ1n) is 13.3. The van der Waals surface area contributed by atoms with Crippen molar-refractivity contribution in [3.63, 3.8) is 0 Å². The molecule has 5 nitrogen and oxygen atoms in total. The number of primary amides is 1. The molecule has 2 unspecified atom stereocenters. The van der Waals surface area contributed by atoms with Gasteiger partial charge < -0.3 is 15.6 Å². The summed E-state index contributed by atoms with van der Waals surface area (Å²) in [6.45, 7) is 0. The van der Waals surface area contributed by atoms with Gasteiger partial charge in [0.2, 0.25) is 0 Å². The van der Waals surface area contributed by atoms with Crippen LogP contribution < -0.4 is 11.1 Å². The van der Waals surface area contributed by atoms with Crippen LogP contribution in [0.25, 0.3) is 10.9 Å². The lowest BCUT2D eigenvalue weighted by Crippen LogP contribution is -2.40. The van der Waals surface area contributed by atoms with Crippen LogP contribution in [0.1, 0.15) is 113 Å². The van der Waals surface area contributed by atoms with Gasteiger partial charge in [0.25, 0.3) is 11.7 Å². The number of Topliss-reactive ketones (excluding diaryl/α,β-unsaturated/α-hetero) is 1. The lowest BCUT2D eigenvalue weighted by molar-refractivity contribution is -0.114. The Morgan fingerprint density at radius 1 is 0.788 bits per heavy atom. The van der Waals surface area contributed by atoms with E-state index in [-0.39, 0.29) is 0 Å². The van der Waals surface area contributed by atoms with Crippen LogP contribution in [0.5, 0.6) is 0 Å². The number of rotatable bonds is 5. The van der Waals surface area contributed by atoms with E-state index in [1.165, 1.54) is 83.5 Å². The lowest BCUT2D eigenvalue weighted by Gasteiger charge is -2.32. The van der Waals surface area contributed by atoms with Gasteiger partial charge in [-0.05, 0) is 38.2 Å². The minimum Gasteiger partial charge on any atom is -0.363 e. The fourth-order valence-corrected chi connectivity index (χ4v) is 6.05. The molecule has 0 aliphatic heterocycles. The zero-order valence-electron chi connectivity index (χ0n) is 20.1. The monoisotopic (exact) mass is 451 g/mol. The SMILES string of the molecule is NC(=O)C(=O)c1cn(C2CCCCCC(NC3CCCCCCCCC3)C2)c2ccccc12. The number of aromatic nitrogens is 1. The van der Waals surface area contributed by atoms with Gasteiger partial charge in [-0.3, -0.25) is 9.59 Å². The molecule has 3 N–H and O–H groups in total. The Balaban J connectivity index is 1.54. The van der Waals surface area contributed by atoms with Gasteiger partial charge in [-0.2, -0.15) is 0 Å². The van der Waals surface area contributed by atoms with Crippen LogP contribution in [0.15, 0.2) is 30.5 Å². The Morgan fingerprint density at radius 3 is 2.06 bits per heavy atom. The molecular formula is C28H41N3O2. The predicted molar refractivity (Wildman–Crippen MR) is 134 cm³/mol. The molecule has 1 aromatic carbocycles. The van der Waals surface area contributed by atoms with Crippen molar-refractivity contribution in [2.75, 3.05) is 0 Å². The molecule has 4 rings (SSSR count). The second kappa shape index (κ2) is 11.8. The molecule has 1 amide bonds. The van der Waals surface area contributed by atoms with Gasteiger partial charge in [0.1, 0.15) is 0 Å². The molecule has 1 heterocycles. The Hall–Kier alpha value is -2.14. The Morgan fingerprint density at radius 2 is 1.36 bits per heavy atom. The number of carbonyl (C=O) groups excluding carboxylic acids is 2. The van der Waals surface area contributed by atoms with Crippen LogP contribution in [0.2, 0.25) is 0 Å². The van der Waals surface area contributed by atoms with Crippen LogP contribution in [0.4, 0.5) is 0 Å². The number of para-hydroxylation sites is 1. The predicted octanol–water partition coefficient (Wildman–Crippen LogP) is 6.06. The average molecular weight is 452 g/mol. The Kier molecular flexibility index (Phi) is 8.60. The highest BCUT2D eigenvalue weighted by Crippen LogP contribution is 2.33. The number of amides is 1. The molecule has 2 saturated carbocycles. The summed E-state index contributed by atoms with van der Waals surface area (Å²) in [4.78, 5) is 24.2. The van der Waals surface area contributed by atoms with Crippen LogP contribution in [0, 0.1) is 0 Å². The number of nitrogens with one attached hydrogen (secondary N) is 1. The Bertz CT molecular complexity index is 924. The minimum atomic E-state index is -0.883. The van der Waals surface area contributed by atoms with Gasteiger partial charge in [-0.1, -0.05) is 82.4 Å². The van der Waals surface area contributed by atoms with E-state index in [9.17, 15) is 9.59 Å². The van der Waals surface area contributed by atoms with E-state index < -0.39 is 11.7 Å². The summed E-state index contributed by atoms with van der Waals surface area (Å²) in [5.74, 6) is -1.47. The van der Waals surface area contributed by atoms with E-state index in [2.05, 4.69) is 16.0 Å². The molecular weight excluding hydrogens is 410 g/mol. The van der Waals surface area contributed by atoms with E-state index in [4.69, 9.17) is 5.73 Å². The van der Waals surface area contributed by atoms with Crippen molar-refractivity contribution in [3.8, 4) is 0 Å². The van der Waals surface area contributed by atoms with Gasteiger partial charge in [0, 0.05) is 35.2 Å². The number of hydrogen-bond donors (Lipinski definition) is 2. The van der Waals surface area contributed by atoms with E-state index >= 15 is 0 Å². The third kappa shape index (κ3) is 6.26. The molecule has 1 aromatic heterocycles. The van der Waals surface area contributed by atoms with E-state index in [1.807, 2.05) is 24.4 Å². The maximum absolute atomic E-state index is 12.5. The van der Waals surface area contributed by atoms with E-state index in [0.717, 1.165) is 23.7 Å². The van der Waals surface area contributed by atoms with Gasteiger partial charge in [0.15, 0.2) is 0 Å². The highest BCUT2D eigenvalue weighted by atomic mass is 16.2. The first-order valence-corrected chi connectivity index (χ1v) is 13.3. The van der Waals surface area contributed by atoms with Crippen molar-refractivity contribution in [1.29, 1.82) is 0 Å². The van der Waals surface area contributed by atoms with E-state index in [1.54, 1.807) is 0 Å². The van der Waals surface area contributed by atoms with E-state index in [0.29, 0.717) is 23.7 Å². The fourth-order valence-electron chi connectivity index (χ4n) is 6.05. The molecule has 33 heavy (non-hydrogen) atoms. The van der Waals surface area contributed by atoms with Crippen molar-refractivity contribution in [1.82, 2.24) is 9.88 Å². The van der Waals surface area contributed by atoms with Crippen LogP contribution in [-0.4, -0.2) is 28.3 Å². The number of hydrogen-bond acceptors (Lipinski definition) is 3. The molecule has 2 aromatic rings. The molecule has 2 fully saturated rings. The summed E-state index contributed by atoms with van der Waals surface area (Å²) in [6.07, 6.45) is 21.3. The van der Waals surface area contributed by atoms with Crippen LogP contribution in [0.3, 0.4) is 0 Å². The largest absolute Gasteiger partial charge is 0.363 e. The number of nitrogens with two attached hydrogens (primary N) is 1. The smallest absolute Gasteiger partial charge is 0.289 e. The number of benzene rings is 1. The third-order valence-electron chi connectivity index (χ3n) is 7.83. The summed E-state index contributed by atoms with van der Waals surface area (Å²) >= 11 is 0. The highest BCUT2D eigenvalue weighted by Gasteiger charge is 2.26. The number of ketones is 1. The van der Waals surface area contributed by atoms with Gasteiger partial charge >= 0.3 is 0 Å². The van der Waals surface area contributed by atoms with Crippen molar-refractivity contribution >= 4 is 22.6 Å². The number of carbonyl (C=O) groups is 2. The molecule has 5 heteroatoms. The highest BCUT2D eigenvalue weighted by molar-refractivity contribution is 6.44. The van der Waals surface area contributed by atoms with Crippen LogP contribution >= 0.6 is 0 Å². The first-order chi connectivity index (χ1) is 16.1. The summed E-state index contributed by atoms with van der Waals surface area (Å²) in [5.41, 5.74) is 6.83. The normalized spacial score (nSPS) is 24.1. The zero-order valence-corrected chi connectivity index (χ0v) is 20.1. The molecule has 2 aliphatic rings. The molecule has 0 saturated heterocycles. The summed E-state index contributed by atoms with van der Waals surface area (Å²) < 4.78 is 2.26. The van der Waals surface area contributed by atoms with Gasteiger partial charge in [0.05, 0.1) is 5.56 Å². The van der Waals surface area contributed by atoms with Gasteiger partial charge in [-0.15, -0.1) is 0 Å². The van der Waals surface area contributed by atoms with Crippen molar-refractivity contribution in [2.24, 2.45) is 5.73 Å². The van der Waals surface area contributed by atoms with Gasteiger partial charge in [-0.25, -0.2) is 0 Å². The summed E-state index contributed by atoms with van der Waals surface area (Å²) in [7, 11) is 0. The molecule has 2 atom stereocenters. The Labute approximate surface area is 198 Å². The van der Waals surface area contributed by atoms with Crippen LogP contribution in [-0.2, 0) is 4.79 Å².